The summed E-state index contributed by atoms with van der Waals surface area (Å²) in [6.07, 6.45) is -0.509. The van der Waals surface area contributed by atoms with Crippen LogP contribution in [0.5, 0.6) is 0 Å². The fraction of sp³-hybridized carbons (Fsp3) is 0.692. The first-order chi connectivity index (χ1) is 9.97. The van der Waals surface area contributed by atoms with E-state index in [0.717, 1.165) is 0 Å². The van der Waals surface area contributed by atoms with Gasteiger partial charge in [-0.15, -0.1) is 11.6 Å². The van der Waals surface area contributed by atoms with Gasteiger partial charge in [-0.1, -0.05) is 6.92 Å². The van der Waals surface area contributed by atoms with E-state index in [1.165, 1.54) is 6.92 Å². The van der Waals surface area contributed by atoms with Crippen molar-refractivity contribution >= 4 is 35.5 Å². The fourth-order valence-corrected chi connectivity index (χ4v) is 4.95. The molecule has 0 aromatic heterocycles. The molecule has 4 N–H and O–H groups in total. The van der Waals surface area contributed by atoms with Gasteiger partial charge in [-0.05, 0) is 24.2 Å². The van der Waals surface area contributed by atoms with Crippen molar-refractivity contribution in [2.24, 2.45) is 29.1 Å². The third-order valence-electron chi connectivity index (χ3n) is 5.23. The number of aliphatic carboxylic acids is 4. The monoisotopic (exact) mass is 334 g/mol. The highest BCUT2D eigenvalue weighted by Gasteiger charge is 2.77. The third-order valence-corrected chi connectivity index (χ3v) is 5.87. The number of fused-ring (bicyclic) bond motifs is 1. The Labute approximate surface area is 129 Å². The van der Waals surface area contributed by atoms with Crippen LogP contribution in [0.3, 0.4) is 0 Å². The first kappa shape index (κ1) is 16.5. The SMILES string of the molecule is CC12CC(C(=O)O)C(C(=O)O)CC1C(Cl)(C(=O)O)C2C(=O)O. The molecule has 2 rings (SSSR count). The number of alkyl halides is 1. The molecule has 0 aliphatic heterocycles. The van der Waals surface area contributed by atoms with E-state index in [0.29, 0.717) is 0 Å². The van der Waals surface area contributed by atoms with Crippen LogP contribution in [0.4, 0.5) is 0 Å². The lowest BCUT2D eigenvalue weighted by atomic mass is 9.40. The van der Waals surface area contributed by atoms with E-state index < -0.39 is 57.8 Å². The van der Waals surface area contributed by atoms with E-state index in [1.807, 2.05) is 0 Å². The molecule has 0 aromatic carbocycles. The second kappa shape index (κ2) is 4.84. The number of hydrogen-bond donors (Lipinski definition) is 4. The number of halogens is 1. The van der Waals surface area contributed by atoms with Gasteiger partial charge in [0.15, 0.2) is 4.87 Å². The smallest absolute Gasteiger partial charge is 0.326 e. The summed E-state index contributed by atoms with van der Waals surface area (Å²) >= 11 is 6.04. The van der Waals surface area contributed by atoms with Gasteiger partial charge in [0.1, 0.15) is 0 Å². The first-order valence-electron chi connectivity index (χ1n) is 6.58. The molecule has 0 radical (unpaired) electrons. The van der Waals surface area contributed by atoms with E-state index in [1.54, 1.807) is 0 Å². The summed E-state index contributed by atoms with van der Waals surface area (Å²) in [6.45, 7) is 1.47. The number of carboxylic acids is 4. The zero-order valence-corrected chi connectivity index (χ0v) is 12.3. The zero-order valence-electron chi connectivity index (χ0n) is 11.5. The molecule has 0 aromatic rings. The lowest BCUT2D eigenvalue weighted by molar-refractivity contribution is -0.204. The minimum atomic E-state index is -2.11. The molecule has 6 unspecified atom stereocenters. The van der Waals surface area contributed by atoms with Crippen molar-refractivity contribution in [3.05, 3.63) is 0 Å². The summed E-state index contributed by atoms with van der Waals surface area (Å²) < 4.78 is 0. The van der Waals surface area contributed by atoms with Gasteiger partial charge >= 0.3 is 23.9 Å². The molecule has 8 nitrogen and oxygen atoms in total. The van der Waals surface area contributed by atoms with Gasteiger partial charge in [0.2, 0.25) is 0 Å². The summed E-state index contributed by atoms with van der Waals surface area (Å²) in [6, 6.07) is 0. The average molecular weight is 335 g/mol. The summed E-state index contributed by atoms with van der Waals surface area (Å²) in [7, 11) is 0. The van der Waals surface area contributed by atoms with Crippen molar-refractivity contribution in [1.29, 1.82) is 0 Å². The number of carboxylic acid groups (broad SMARTS) is 4. The van der Waals surface area contributed by atoms with Gasteiger partial charge in [-0.3, -0.25) is 19.2 Å². The van der Waals surface area contributed by atoms with Gasteiger partial charge in [0, 0.05) is 0 Å². The lowest BCUT2D eigenvalue weighted by Gasteiger charge is -2.64. The van der Waals surface area contributed by atoms with E-state index in [9.17, 15) is 39.6 Å². The zero-order chi connectivity index (χ0) is 17.0. The van der Waals surface area contributed by atoms with Gasteiger partial charge in [0.25, 0.3) is 0 Å². The Morgan fingerprint density at radius 3 is 1.82 bits per heavy atom. The van der Waals surface area contributed by atoms with Crippen molar-refractivity contribution < 1.29 is 39.6 Å². The third kappa shape index (κ3) is 1.89. The molecule has 2 fully saturated rings. The first-order valence-corrected chi connectivity index (χ1v) is 6.96. The predicted molar refractivity (Wildman–Crippen MR) is 70.4 cm³/mol. The highest BCUT2D eigenvalue weighted by atomic mass is 35.5. The predicted octanol–water partition coefficient (Wildman–Crippen LogP) is 0.581. The molecular formula is C13H15ClO8. The summed E-state index contributed by atoms with van der Waals surface area (Å²) in [5, 5.41) is 37.0. The van der Waals surface area contributed by atoms with Crippen LogP contribution in [0.2, 0.25) is 0 Å². The minimum Gasteiger partial charge on any atom is -0.481 e. The highest BCUT2D eigenvalue weighted by molar-refractivity contribution is 6.36. The molecule has 22 heavy (non-hydrogen) atoms. The molecule has 0 bridgehead atoms. The van der Waals surface area contributed by atoms with Crippen LogP contribution in [0.25, 0.3) is 0 Å². The van der Waals surface area contributed by atoms with Crippen LogP contribution in [-0.4, -0.2) is 49.2 Å². The molecule has 0 saturated heterocycles. The van der Waals surface area contributed by atoms with Crippen molar-refractivity contribution in [3.63, 3.8) is 0 Å². The molecule has 0 spiro atoms. The molecule has 2 saturated carbocycles. The van der Waals surface area contributed by atoms with Gasteiger partial charge < -0.3 is 20.4 Å². The van der Waals surface area contributed by atoms with Crippen molar-refractivity contribution in [2.75, 3.05) is 0 Å². The van der Waals surface area contributed by atoms with Crippen LogP contribution in [0, 0.1) is 29.1 Å². The fourth-order valence-electron chi connectivity index (χ4n) is 4.27. The van der Waals surface area contributed by atoms with Crippen molar-refractivity contribution in [3.8, 4) is 0 Å². The van der Waals surface area contributed by atoms with Gasteiger partial charge in [0.05, 0.1) is 17.8 Å². The molecule has 0 amide bonds. The van der Waals surface area contributed by atoms with Crippen molar-refractivity contribution in [1.82, 2.24) is 0 Å². The van der Waals surface area contributed by atoms with Crippen LogP contribution >= 0.6 is 11.6 Å². The molecule has 9 heteroatoms. The van der Waals surface area contributed by atoms with Gasteiger partial charge in [-0.25, -0.2) is 0 Å². The molecule has 122 valence electrons. The van der Waals surface area contributed by atoms with E-state index >= 15 is 0 Å². The van der Waals surface area contributed by atoms with Crippen LogP contribution in [0.15, 0.2) is 0 Å². The topological polar surface area (TPSA) is 149 Å². The maximum atomic E-state index is 11.4. The summed E-state index contributed by atoms with van der Waals surface area (Å²) in [4.78, 5) is 43.4. The number of rotatable bonds is 4. The standard InChI is InChI=1S/C13H15ClO8/c1-12-3-5(9(17)18)4(8(15)16)2-6(12)13(14,11(21)22)7(12)10(19)20/h4-7H,2-3H2,1H3,(H,15,16)(H,17,18)(H,19,20)(H,21,22). The second-order valence-corrected chi connectivity index (χ2v) is 6.86. The molecular weight excluding hydrogens is 320 g/mol. The Kier molecular flexibility index (Phi) is 3.64. The Morgan fingerprint density at radius 1 is 0.955 bits per heavy atom. The molecule has 0 heterocycles. The van der Waals surface area contributed by atoms with Crippen LogP contribution < -0.4 is 0 Å². The van der Waals surface area contributed by atoms with Gasteiger partial charge in [-0.2, -0.15) is 0 Å². The molecule has 2 aliphatic carbocycles. The number of carbonyl (C=O) groups is 4. The van der Waals surface area contributed by atoms with Crippen molar-refractivity contribution in [2.45, 2.75) is 24.6 Å². The Hall–Kier alpha value is -1.83. The lowest BCUT2D eigenvalue weighted by Crippen LogP contribution is -2.74. The highest BCUT2D eigenvalue weighted by Crippen LogP contribution is 2.69. The molecule has 6 atom stereocenters. The summed E-state index contributed by atoms with van der Waals surface area (Å²) in [5.41, 5.74) is -1.17. The largest absolute Gasteiger partial charge is 0.481 e. The Morgan fingerprint density at radius 2 is 1.45 bits per heavy atom. The maximum Gasteiger partial charge on any atom is 0.326 e. The number of hydrogen-bond acceptors (Lipinski definition) is 4. The van der Waals surface area contributed by atoms with Crippen LogP contribution in [-0.2, 0) is 19.2 Å². The summed E-state index contributed by atoms with van der Waals surface area (Å²) in [5.74, 6) is -10.6. The molecule has 2 aliphatic rings. The average Bonchev–Trinajstić information content (AvgIpc) is 2.35. The Balaban J connectivity index is 2.48. The second-order valence-electron chi connectivity index (χ2n) is 6.23. The maximum absolute atomic E-state index is 11.4. The normalized spacial score (nSPS) is 43.5. The van der Waals surface area contributed by atoms with E-state index in [4.69, 9.17) is 11.6 Å². The minimum absolute atomic E-state index is 0.233. The van der Waals surface area contributed by atoms with E-state index in [-0.39, 0.29) is 12.8 Å². The van der Waals surface area contributed by atoms with E-state index in [2.05, 4.69) is 0 Å². The quantitative estimate of drug-likeness (QED) is 0.545. The van der Waals surface area contributed by atoms with Crippen LogP contribution in [0.1, 0.15) is 19.8 Å². The Bertz CT molecular complexity index is 574.